The van der Waals surface area contributed by atoms with Crippen LogP contribution in [0.2, 0.25) is 0 Å². The fourth-order valence-corrected chi connectivity index (χ4v) is 3.79. The molecule has 4 rings (SSSR count). The van der Waals surface area contributed by atoms with E-state index in [0.29, 0.717) is 39.1 Å². The van der Waals surface area contributed by atoms with Crippen molar-refractivity contribution in [1.82, 2.24) is 4.98 Å². The van der Waals surface area contributed by atoms with Gasteiger partial charge in [-0.15, -0.1) is 0 Å². The van der Waals surface area contributed by atoms with Crippen molar-refractivity contribution in [1.29, 1.82) is 0 Å². The number of carbonyl (C=O) groups excluding carboxylic acids is 1. The van der Waals surface area contributed by atoms with E-state index in [1.54, 1.807) is 18.2 Å². The van der Waals surface area contributed by atoms with Crippen LogP contribution in [0.25, 0.3) is 33.3 Å². The molecule has 0 saturated heterocycles. The van der Waals surface area contributed by atoms with Gasteiger partial charge in [0.2, 0.25) is 0 Å². The summed E-state index contributed by atoms with van der Waals surface area (Å²) >= 11 is 0. The molecule has 0 bridgehead atoms. The van der Waals surface area contributed by atoms with Gasteiger partial charge in [-0.2, -0.15) is 0 Å². The van der Waals surface area contributed by atoms with E-state index in [4.69, 9.17) is 18.9 Å². The number of anilines is 1. The van der Waals surface area contributed by atoms with Crippen molar-refractivity contribution in [2.45, 2.75) is 20.0 Å². The summed E-state index contributed by atoms with van der Waals surface area (Å²) in [6.07, 6.45) is 0.00795. The summed E-state index contributed by atoms with van der Waals surface area (Å²) in [5.74, 6) is 0.202. The fraction of sp³-hybridized carbons (Fsp3) is 0.269. The van der Waals surface area contributed by atoms with E-state index in [0.717, 1.165) is 24.9 Å². The summed E-state index contributed by atoms with van der Waals surface area (Å²) in [5.41, 5.74) is 2.66. The largest absolute Gasteiger partial charge is 0.491 e. The Kier molecular flexibility index (Phi) is 6.79. The average molecular weight is 463 g/mol. The van der Waals surface area contributed by atoms with Gasteiger partial charge in [0.05, 0.1) is 0 Å². The molecule has 1 N–H and O–H groups in total. The summed E-state index contributed by atoms with van der Waals surface area (Å²) < 4.78 is 16.6. The van der Waals surface area contributed by atoms with E-state index in [9.17, 15) is 14.7 Å². The first-order valence-electron chi connectivity index (χ1n) is 11.1. The normalized spacial score (nSPS) is 12.1. The number of hydrogen-bond acceptors (Lipinski definition) is 8. The van der Waals surface area contributed by atoms with Crippen LogP contribution in [-0.4, -0.2) is 48.5 Å². The highest BCUT2D eigenvalue weighted by atomic mass is 16.5. The minimum Gasteiger partial charge on any atom is -0.491 e. The number of aromatic nitrogens is 1. The number of ether oxygens (including phenoxy) is 2. The van der Waals surface area contributed by atoms with Gasteiger partial charge in [-0.05, 0) is 44.2 Å². The lowest BCUT2D eigenvalue weighted by Gasteiger charge is -2.21. The molecular weight excluding hydrogens is 436 g/mol. The van der Waals surface area contributed by atoms with E-state index in [1.165, 1.54) is 6.07 Å². The Labute approximate surface area is 196 Å². The monoisotopic (exact) mass is 462 g/mol. The van der Waals surface area contributed by atoms with Crippen LogP contribution in [0, 0.1) is 0 Å². The number of aliphatic hydroxyl groups is 1. The molecule has 1 unspecified atom stereocenters. The van der Waals surface area contributed by atoms with Gasteiger partial charge in [0.25, 0.3) is 0 Å². The zero-order chi connectivity index (χ0) is 24.2. The second-order valence-corrected chi connectivity index (χ2v) is 7.77. The average Bonchev–Trinajstić information content (AvgIpc) is 2.85. The third kappa shape index (κ3) is 4.72. The van der Waals surface area contributed by atoms with Gasteiger partial charge in [-0.3, -0.25) is 4.79 Å². The minimum atomic E-state index is -1.01. The molecule has 1 atom stereocenters. The van der Waals surface area contributed by atoms with E-state index < -0.39 is 12.1 Å². The second-order valence-electron chi connectivity index (χ2n) is 7.77. The molecule has 8 heteroatoms. The Balaban J connectivity index is 1.68. The summed E-state index contributed by atoms with van der Waals surface area (Å²) in [6.45, 7) is 8.90. The third-order valence-electron chi connectivity index (χ3n) is 5.56. The number of hydrogen-bond donors (Lipinski definition) is 1. The molecule has 2 aromatic carbocycles. The zero-order valence-corrected chi connectivity index (χ0v) is 19.1. The molecule has 0 saturated carbocycles. The predicted molar refractivity (Wildman–Crippen MR) is 131 cm³/mol. The highest BCUT2D eigenvalue weighted by Gasteiger charge is 2.17. The van der Waals surface area contributed by atoms with Crippen LogP contribution in [0.5, 0.6) is 5.75 Å². The molecule has 8 nitrogen and oxygen atoms in total. The molecule has 34 heavy (non-hydrogen) atoms. The van der Waals surface area contributed by atoms with Gasteiger partial charge in [-0.25, -0.2) is 9.78 Å². The van der Waals surface area contributed by atoms with E-state index in [-0.39, 0.29) is 18.6 Å². The molecule has 176 valence electrons. The van der Waals surface area contributed by atoms with Crippen molar-refractivity contribution in [2.75, 3.05) is 31.2 Å². The highest BCUT2D eigenvalue weighted by Crippen LogP contribution is 2.33. The Bertz CT molecular complexity index is 1380. The lowest BCUT2D eigenvalue weighted by Crippen LogP contribution is -2.24. The molecule has 2 aromatic rings. The number of esters is 1. The highest BCUT2D eigenvalue weighted by molar-refractivity contribution is 5.97. The van der Waals surface area contributed by atoms with Crippen molar-refractivity contribution in [3.05, 3.63) is 65.3 Å². The van der Waals surface area contributed by atoms with Crippen molar-refractivity contribution < 1.29 is 23.8 Å². The minimum absolute atomic E-state index is 0.0974. The van der Waals surface area contributed by atoms with Crippen LogP contribution < -0.4 is 15.1 Å². The van der Waals surface area contributed by atoms with Crippen molar-refractivity contribution in [2.24, 2.45) is 0 Å². The lowest BCUT2D eigenvalue weighted by atomic mass is 10.0. The Morgan fingerprint density at radius 1 is 1.15 bits per heavy atom. The smallest absolute Gasteiger partial charge is 0.330 e. The molecule has 0 spiro atoms. The summed E-state index contributed by atoms with van der Waals surface area (Å²) in [5, 5.41) is 11.1. The number of aliphatic hydroxyl groups excluding tert-OH is 1. The van der Waals surface area contributed by atoms with Gasteiger partial charge in [0.15, 0.2) is 16.8 Å². The first kappa shape index (κ1) is 23.3. The van der Waals surface area contributed by atoms with Gasteiger partial charge in [-0.1, -0.05) is 6.58 Å². The van der Waals surface area contributed by atoms with Crippen LogP contribution in [0.15, 0.2) is 64.3 Å². The lowest BCUT2D eigenvalue weighted by molar-refractivity contribution is -0.141. The molecular formula is C26H26N2O6. The quantitative estimate of drug-likeness (QED) is 0.174. The second kappa shape index (κ2) is 9.93. The molecule has 1 aliphatic carbocycles. The molecule has 1 heterocycles. The number of fused-ring (bicyclic) bond motifs is 4. The summed E-state index contributed by atoms with van der Waals surface area (Å²) in [6, 6.07) is 12.3. The zero-order valence-electron chi connectivity index (χ0n) is 19.1. The molecule has 0 amide bonds. The molecule has 0 fully saturated rings. The Hall–Kier alpha value is -3.91. The van der Waals surface area contributed by atoms with Crippen LogP contribution in [-0.2, 0) is 9.53 Å². The maximum atomic E-state index is 12.7. The summed E-state index contributed by atoms with van der Waals surface area (Å²) in [4.78, 5) is 30.8. The topological polar surface area (TPSA) is 102 Å². The van der Waals surface area contributed by atoms with Gasteiger partial charge in [0.1, 0.15) is 36.3 Å². The van der Waals surface area contributed by atoms with Gasteiger partial charge in [0, 0.05) is 47.8 Å². The number of benzene rings is 3. The van der Waals surface area contributed by atoms with Crippen LogP contribution in [0.1, 0.15) is 13.8 Å². The van der Waals surface area contributed by atoms with Gasteiger partial charge >= 0.3 is 5.97 Å². The molecule has 1 aliphatic heterocycles. The van der Waals surface area contributed by atoms with Crippen molar-refractivity contribution >= 4 is 33.5 Å². The third-order valence-corrected chi connectivity index (χ3v) is 5.56. The molecule has 2 aliphatic rings. The maximum absolute atomic E-state index is 12.7. The maximum Gasteiger partial charge on any atom is 0.330 e. The SMILES string of the molecule is C=CC(=O)OCC(O)COc1ccc2c(=O)cc3oc4cc(N(CC)CC)ccc4nc-3c2c1. The van der Waals surface area contributed by atoms with E-state index in [2.05, 4.69) is 25.3 Å². The van der Waals surface area contributed by atoms with Crippen molar-refractivity contribution in [3.63, 3.8) is 0 Å². The first-order chi connectivity index (χ1) is 16.4. The first-order valence-corrected chi connectivity index (χ1v) is 11.1. The molecule has 0 aromatic heterocycles. The van der Waals surface area contributed by atoms with Crippen LogP contribution in [0.4, 0.5) is 5.69 Å². The van der Waals surface area contributed by atoms with Crippen molar-refractivity contribution in [3.8, 4) is 17.2 Å². The fourth-order valence-electron chi connectivity index (χ4n) is 3.79. The summed E-state index contributed by atoms with van der Waals surface area (Å²) in [7, 11) is 0. The Morgan fingerprint density at radius 3 is 2.68 bits per heavy atom. The van der Waals surface area contributed by atoms with Gasteiger partial charge < -0.3 is 23.9 Å². The molecule has 0 radical (unpaired) electrons. The van der Waals surface area contributed by atoms with E-state index >= 15 is 0 Å². The number of rotatable bonds is 9. The van der Waals surface area contributed by atoms with Crippen LogP contribution in [0.3, 0.4) is 0 Å². The predicted octanol–water partition coefficient (Wildman–Crippen LogP) is 3.76. The standard InChI is InChI=1S/C26H26N2O6/c1-4-25(31)33-15-17(29)14-32-18-8-9-19-20(12-18)26-24(13-22(19)30)34-23-11-16(28(5-2)6-3)7-10-21(23)27-26/h4,7-13,17,29H,1,5-6,14-15H2,2-3H3. The Morgan fingerprint density at radius 2 is 1.94 bits per heavy atom. The van der Waals surface area contributed by atoms with Crippen LogP contribution >= 0.6 is 0 Å². The number of carbonyl (C=O) groups is 1. The number of nitrogens with zero attached hydrogens (tertiary/aromatic N) is 2. The van der Waals surface area contributed by atoms with E-state index in [1.807, 2.05) is 18.2 Å².